The van der Waals surface area contributed by atoms with Crippen molar-refractivity contribution in [3.05, 3.63) is 48.5 Å². The molecule has 0 heterocycles. The molecule has 0 atom stereocenters. The molecule has 6 nitrogen and oxygen atoms in total. The predicted molar refractivity (Wildman–Crippen MR) is 123 cm³/mol. The van der Waals surface area contributed by atoms with E-state index in [2.05, 4.69) is 17.6 Å². The van der Waals surface area contributed by atoms with E-state index in [1.165, 1.54) is 32.6 Å². The van der Waals surface area contributed by atoms with Gasteiger partial charge in [-0.25, -0.2) is 0 Å². The number of ether oxygens (including phenoxy) is 1. The summed E-state index contributed by atoms with van der Waals surface area (Å²) in [6.45, 7) is 4.62. The van der Waals surface area contributed by atoms with Crippen molar-refractivity contribution in [2.24, 2.45) is 0 Å². The molecule has 2 rings (SSSR count). The highest BCUT2D eigenvalue weighted by Gasteiger charge is 2.07. The standard InChI is InChI=1S/C24H33N3O3/c1-4-5-6-7-8-17-30-23-15-11-20(12-16-23)25-18-24(29)26-21-9-13-22(14-10-21)27(3)19(2)28/h9-16,25H,4-8,17-18H2,1-3H3,(H,26,29). The lowest BCUT2D eigenvalue weighted by atomic mass is 10.2. The van der Waals surface area contributed by atoms with E-state index >= 15 is 0 Å². The minimum absolute atomic E-state index is 0.0422. The average Bonchev–Trinajstić information content (AvgIpc) is 2.75. The van der Waals surface area contributed by atoms with Crippen LogP contribution in [0.5, 0.6) is 5.75 Å². The van der Waals surface area contributed by atoms with Crippen molar-refractivity contribution in [1.82, 2.24) is 0 Å². The maximum absolute atomic E-state index is 12.2. The number of carbonyl (C=O) groups is 2. The van der Waals surface area contributed by atoms with Crippen molar-refractivity contribution in [3.63, 3.8) is 0 Å². The highest BCUT2D eigenvalue weighted by Crippen LogP contribution is 2.18. The third kappa shape index (κ3) is 8.15. The van der Waals surface area contributed by atoms with Crippen LogP contribution in [0.15, 0.2) is 48.5 Å². The molecule has 2 N–H and O–H groups in total. The number of rotatable bonds is 12. The lowest BCUT2D eigenvalue weighted by Gasteiger charge is -2.15. The Labute approximate surface area is 179 Å². The van der Waals surface area contributed by atoms with E-state index in [1.54, 1.807) is 36.2 Å². The molecule has 0 saturated heterocycles. The van der Waals surface area contributed by atoms with Gasteiger partial charge in [-0.1, -0.05) is 32.6 Å². The Morgan fingerprint density at radius 2 is 1.53 bits per heavy atom. The summed E-state index contributed by atoms with van der Waals surface area (Å²) in [5.41, 5.74) is 2.32. The average molecular weight is 412 g/mol. The van der Waals surface area contributed by atoms with Crippen LogP contribution in [-0.4, -0.2) is 32.0 Å². The molecule has 0 fully saturated rings. The van der Waals surface area contributed by atoms with Crippen molar-refractivity contribution in [2.75, 3.05) is 35.7 Å². The number of benzene rings is 2. The number of hydrogen-bond acceptors (Lipinski definition) is 4. The third-order valence-electron chi connectivity index (χ3n) is 4.83. The van der Waals surface area contributed by atoms with E-state index in [0.29, 0.717) is 5.69 Å². The van der Waals surface area contributed by atoms with Gasteiger partial charge >= 0.3 is 0 Å². The highest BCUT2D eigenvalue weighted by molar-refractivity contribution is 5.94. The van der Waals surface area contributed by atoms with Crippen molar-refractivity contribution >= 4 is 28.9 Å². The number of anilines is 3. The van der Waals surface area contributed by atoms with Gasteiger partial charge in [0.05, 0.1) is 13.2 Å². The number of nitrogens with zero attached hydrogens (tertiary/aromatic N) is 1. The molecule has 0 aliphatic heterocycles. The molecule has 0 radical (unpaired) electrons. The van der Waals surface area contributed by atoms with Crippen LogP contribution in [0.4, 0.5) is 17.1 Å². The monoisotopic (exact) mass is 411 g/mol. The molecule has 0 aliphatic rings. The van der Waals surface area contributed by atoms with Crippen LogP contribution in [0.25, 0.3) is 0 Å². The lowest BCUT2D eigenvalue weighted by Crippen LogP contribution is -2.23. The zero-order valence-electron chi connectivity index (χ0n) is 18.2. The Hall–Kier alpha value is -3.02. The number of unbranched alkanes of at least 4 members (excludes halogenated alkanes) is 4. The number of nitrogens with one attached hydrogen (secondary N) is 2. The van der Waals surface area contributed by atoms with Gasteiger partial charge < -0.3 is 20.3 Å². The van der Waals surface area contributed by atoms with Crippen LogP contribution in [-0.2, 0) is 9.59 Å². The van der Waals surface area contributed by atoms with Gasteiger partial charge in [0.1, 0.15) is 5.75 Å². The molecule has 162 valence electrons. The van der Waals surface area contributed by atoms with Crippen LogP contribution in [0.2, 0.25) is 0 Å². The zero-order chi connectivity index (χ0) is 21.8. The van der Waals surface area contributed by atoms with E-state index in [9.17, 15) is 9.59 Å². The summed E-state index contributed by atoms with van der Waals surface area (Å²) < 4.78 is 5.76. The molecule has 0 aliphatic carbocycles. The van der Waals surface area contributed by atoms with Gasteiger partial charge in [-0.15, -0.1) is 0 Å². The summed E-state index contributed by atoms with van der Waals surface area (Å²) in [6, 6.07) is 14.8. The molecule has 0 saturated carbocycles. The first-order valence-corrected chi connectivity index (χ1v) is 10.6. The second kappa shape index (κ2) is 12.5. The quantitative estimate of drug-likeness (QED) is 0.479. The van der Waals surface area contributed by atoms with Crippen LogP contribution >= 0.6 is 0 Å². The number of carbonyl (C=O) groups excluding carboxylic acids is 2. The Bertz CT molecular complexity index is 788. The second-order valence-electron chi connectivity index (χ2n) is 7.31. The molecule has 6 heteroatoms. The third-order valence-corrected chi connectivity index (χ3v) is 4.83. The molecular formula is C24H33N3O3. The minimum Gasteiger partial charge on any atom is -0.494 e. The van der Waals surface area contributed by atoms with Gasteiger partial charge in [0, 0.05) is 31.0 Å². The van der Waals surface area contributed by atoms with Crippen LogP contribution in [0.3, 0.4) is 0 Å². The molecule has 30 heavy (non-hydrogen) atoms. The maximum Gasteiger partial charge on any atom is 0.243 e. The minimum atomic E-state index is -0.143. The topological polar surface area (TPSA) is 70.7 Å². The predicted octanol–water partition coefficient (Wildman–Crippen LogP) is 5.07. The van der Waals surface area contributed by atoms with E-state index in [4.69, 9.17) is 4.74 Å². The molecular weight excluding hydrogens is 378 g/mol. The number of hydrogen-bond donors (Lipinski definition) is 2. The smallest absolute Gasteiger partial charge is 0.243 e. The molecule has 0 aromatic heterocycles. The molecule has 0 bridgehead atoms. The highest BCUT2D eigenvalue weighted by atomic mass is 16.5. The van der Waals surface area contributed by atoms with Crippen LogP contribution < -0.4 is 20.3 Å². The van der Waals surface area contributed by atoms with Crippen molar-refractivity contribution < 1.29 is 14.3 Å². The van der Waals surface area contributed by atoms with Gasteiger partial charge in [0.15, 0.2) is 0 Å². The van der Waals surface area contributed by atoms with Gasteiger partial charge in [-0.05, 0) is 55.0 Å². The van der Waals surface area contributed by atoms with Gasteiger partial charge in [-0.3, -0.25) is 9.59 Å². The van der Waals surface area contributed by atoms with Gasteiger partial charge in [-0.2, -0.15) is 0 Å². The summed E-state index contributed by atoms with van der Waals surface area (Å²) in [6.07, 6.45) is 6.09. The van der Waals surface area contributed by atoms with Crippen LogP contribution in [0, 0.1) is 0 Å². The fourth-order valence-electron chi connectivity index (χ4n) is 2.90. The van der Waals surface area contributed by atoms with E-state index in [1.807, 2.05) is 24.3 Å². The van der Waals surface area contributed by atoms with Gasteiger partial charge in [0.25, 0.3) is 0 Å². The Morgan fingerprint density at radius 3 is 2.17 bits per heavy atom. The Balaban J connectivity index is 1.71. The fraction of sp³-hybridized carbons (Fsp3) is 0.417. The summed E-state index contributed by atoms with van der Waals surface area (Å²) in [5, 5.41) is 5.94. The molecule has 2 aromatic rings. The normalized spacial score (nSPS) is 10.4. The largest absolute Gasteiger partial charge is 0.494 e. The van der Waals surface area contributed by atoms with Gasteiger partial charge in [0.2, 0.25) is 11.8 Å². The first kappa shape index (κ1) is 23.3. The summed E-state index contributed by atoms with van der Waals surface area (Å²) in [7, 11) is 1.71. The van der Waals surface area contributed by atoms with Crippen molar-refractivity contribution in [1.29, 1.82) is 0 Å². The molecule has 0 unspecified atom stereocenters. The van der Waals surface area contributed by atoms with E-state index in [-0.39, 0.29) is 18.4 Å². The Morgan fingerprint density at radius 1 is 0.900 bits per heavy atom. The molecule has 2 aromatic carbocycles. The van der Waals surface area contributed by atoms with Crippen LogP contribution in [0.1, 0.15) is 46.0 Å². The molecule has 2 amide bonds. The van der Waals surface area contributed by atoms with Crippen molar-refractivity contribution in [3.8, 4) is 5.75 Å². The Kier molecular flexibility index (Phi) is 9.71. The maximum atomic E-state index is 12.2. The lowest BCUT2D eigenvalue weighted by molar-refractivity contribution is -0.116. The first-order valence-electron chi connectivity index (χ1n) is 10.6. The van der Waals surface area contributed by atoms with Crippen molar-refractivity contribution in [2.45, 2.75) is 46.0 Å². The second-order valence-corrected chi connectivity index (χ2v) is 7.31. The molecule has 0 spiro atoms. The van der Waals surface area contributed by atoms with E-state index < -0.39 is 0 Å². The summed E-state index contributed by atoms with van der Waals surface area (Å²) in [5.74, 6) is 0.658. The first-order chi connectivity index (χ1) is 14.5. The fourth-order valence-corrected chi connectivity index (χ4v) is 2.90. The van der Waals surface area contributed by atoms with E-state index in [0.717, 1.165) is 30.2 Å². The zero-order valence-corrected chi connectivity index (χ0v) is 18.2. The summed E-state index contributed by atoms with van der Waals surface area (Å²) in [4.78, 5) is 25.1. The summed E-state index contributed by atoms with van der Waals surface area (Å²) >= 11 is 0. The number of amides is 2. The SMILES string of the molecule is CCCCCCCOc1ccc(NCC(=O)Nc2ccc(N(C)C(C)=O)cc2)cc1.